The number of hydrogen-bond acceptors (Lipinski definition) is 5. The number of nitrogens with zero attached hydrogens (tertiary/aromatic N) is 4. The van der Waals surface area contributed by atoms with Crippen molar-refractivity contribution >= 4 is 33.3 Å². The Hall–Kier alpha value is -1.80. The molecule has 0 saturated carbocycles. The fraction of sp³-hybridized carbons (Fsp3) is 0.167. The molecule has 0 fully saturated rings. The van der Waals surface area contributed by atoms with Gasteiger partial charge in [-0.3, -0.25) is 4.98 Å². The van der Waals surface area contributed by atoms with Crippen LogP contribution in [0.3, 0.4) is 0 Å². The highest BCUT2D eigenvalue weighted by Gasteiger charge is 2.30. The first-order chi connectivity index (χ1) is 9.84. The lowest BCUT2D eigenvalue weighted by atomic mass is 10.2. The average Bonchev–Trinajstić information content (AvgIpc) is 2.79. The monoisotopic (exact) mass is 330 g/mol. The van der Waals surface area contributed by atoms with Crippen LogP contribution in [0.15, 0.2) is 18.3 Å². The zero-order chi connectivity index (χ0) is 15.2. The van der Waals surface area contributed by atoms with E-state index in [1.54, 1.807) is 6.92 Å². The zero-order valence-corrected chi connectivity index (χ0v) is 12.0. The molecule has 3 heterocycles. The van der Waals surface area contributed by atoms with Gasteiger partial charge in [0, 0.05) is 6.20 Å². The number of hydrogen-bond donors (Lipinski definition) is 0. The molecule has 0 amide bonds. The van der Waals surface area contributed by atoms with Gasteiger partial charge < -0.3 is 0 Å². The predicted octanol–water partition coefficient (Wildman–Crippen LogP) is 4.13. The van der Waals surface area contributed by atoms with Crippen molar-refractivity contribution in [2.24, 2.45) is 0 Å². The molecule has 0 aliphatic rings. The number of rotatable bonds is 1. The smallest absolute Gasteiger partial charge is 0.252 e. The lowest BCUT2D eigenvalue weighted by Gasteiger charge is -2.06. The van der Waals surface area contributed by atoms with Crippen molar-refractivity contribution in [3.05, 3.63) is 34.1 Å². The Bertz CT molecular complexity index is 814. The van der Waals surface area contributed by atoms with Crippen LogP contribution in [0.25, 0.3) is 21.9 Å². The third-order valence-electron chi connectivity index (χ3n) is 2.64. The Balaban J connectivity index is 2.08. The van der Waals surface area contributed by atoms with Crippen molar-refractivity contribution in [2.45, 2.75) is 13.1 Å². The number of aryl methyl sites for hydroxylation is 1. The molecule has 3 rings (SSSR count). The van der Waals surface area contributed by atoms with Gasteiger partial charge in [-0.25, -0.2) is 15.0 Å². The molecule has 0 aliphatic carbocycles. The van der Waals surface area contributed by atoms with Gasteiger partial charge in [-0.2, -0.15) is 13.2 Å². The number of pyridine rings is 1. The Morgan fingerprint density at radius 2 is 1.90 bits per heavy atom. The number of fused-ring (bicyclic) bond motifs is 1. The molecule has 0 bridgehead atoms. The van der Waals surface area contributed by atoms with Crippen molar-refractivity contribution in [3.8, 4) is 11.5 Å². The molecule has 9 heteroatoms. The molecular formula is C12H6ClF3N4S. The summed E-state index contributed by atoms with van der Waals surface area (Å²) >= 11 is 7.34. The molecule has 0 N–H and O–H groups in total. The summed E-state index contributed by atoms with van der Waals surface area (Å²) in [5.74, 6) is 0.171. The van der Waals surface area contributed by atoms with E-state index in [1.165, 1.54) is 17.4 Å². The summed E-state index contributed by atoms with van der Waals surface area (Å²) in [7, 11) is 0. The highest BCUT2D eigenvalue weighted by molar-refractivity contribution is 7.18. The van der Waals surface area contributed by atoms with Crippen molar-refractivity contribution in [1.82, 2.24) is 19.9 Å². The quantitative estimate of drug-likeness (QED) is 0.629. The maximum atomic E-state index is 12.5. The molecule has 0 aromatic carbocycles. The average molecular weight is 331 g/mol. The molecule has 4 nitrogen and oxygen atoms in total. The Labute approximate surface area is 125 Å². The first-order valence-corrected chi connectivity index (χ1v) is 6.88. The number of halogens is 4. The normalized spacial score (nSPS) is 12.0. The summed E-state index contributed by atoms with van der Waals surface area (Å²) < 4.78 is 37.5. The second-order valence-electron chi connectivity index (χ2n) is 4.15. The van der Waals surface area contributed by atoms with E-state index in [9.17, 15) is 13.2 Å². The molecular weight excluding hydrogens is 325 g/mol. The molecule has 0 atom stereocenters. The molecule has 0 unspecified atom stereocenters. The lowest BCUT2D eigenvalue weighted by Crippen LogP contribution is -2.05. The van der Waals surface area contributed by atoms with Crippen LogP contribution in [-0.4, -0.2) is 19.9 Å². The van der Waals surface area contributed by atoms with E-state index in [2.05, 4.69) is 19.9 Å². The van der Waals surface area contributed by atoms with E-state index in [4.69, 9.17) is 11.6 Å². The molecule has 0 spiro atoms. The summed E-state index contributed by atoms with van der Waals surface area (Å²) in [5.41, 5.74) is -0.125. The topological polar surface area (TPSA) is 51.6 Å². The molecule has 3 aromatic heterocycles. The van der Waals surface area contributed by atoms with Gasteiger partial charge in [-0.1, -0.05) is 22.9 Å². The van der Waals surface area contributed by atoms with Crippen LogP contribution in [-0.2, 0) is 6.18 Å². The maximum absolute atomic E-state index is 12.5. The van der Waals surface area contributed by atoms with E-state index in [0.717, 1.165) is 17.3 Å². The Kier molecular flexibility index (Phi) is 3.29. The van der Waals surface area contributed by atoms with Gasteiger partial charge in [0.15, 0.2) is 11.0 Å². The highest BCUT2D eigenvalue weighted by Crippen LogP contribution is 2.30. The number of alkyl halides is 3. The third kappa shape index (κ3) is 2.68. The minimum absolute atomic E-state index is 0.154. The van der Waals surface area contributed by atoms with Crippen molar-refractivity contribution in [1.29, 1.82) is 0 Å². The summed E-state index contributed by atoms with van der Waals surface area (Å²) in [4.78, 5) is 16.8. The zero-order valence-electron chi connectivity index (χ0n) is 10.4. The fourth-order valence-corrected chi connectivity index (χ4v) is 2.76. The van der Waals surface area contributed by atoms with E-state index in [-0.39, 0.29) is 16.7 Å². The summed E-state index contributed by atoms with van der Waals surface area (Å²) in [6, 6.07) is 2.15. The largest absolute Gasteiger partial charge is 0.417 e. The van der Waals surface area contributed by atoms with Crippen LogP contribution >= 0.6 is 22.9 Å². The lowest BCUT2D eigenvalue weighted by molar-refractivity contribution is -0.137. The van der Waals surface area contributed by atoms with E-state index in [1.807, 2.05) is 0 Å². The summed E-state index contributed by atoms with van der Waals surface area (Å²) in [6.45, 7) is 1.80. The first kappa shape index (κ1) is 14.2. The van der Waals surface area contributed by atoms with Crippen LogP contribution in [0.4, 0.5) is 13.2 Å². The van der Waals surface area contributed by atoms with Crippen LogP contribution in [0, 0.1) is 6.92 Å². The molecule has 3 aromatic rings. The van der Waals surface area contributed by atoms with Crippen LogP contribution in [0.5, 0.6) is 0 Å². The van der Waals surface area contributed by atoms with Crippen LogP contribution in [0.1, 0.15) is 10.6 Å². The standard InChI is InChI=1S/C12H6ClF3N4S/c1-5-18-8-9(13)19-10(20-11(8)21-5)7-3-2-6(4-17-7)12(14,15)16/h2-4H,1H3. The minimum atomic E-state index is -4.43. The van der Waals surface area contributed by atoms with Crippen LogP contribution < -0.4 is 0 Å². The SMILES string of the molecule is Cc1nc2c(Cl)nc(-c3ccc(C(F)(F)F)cn3)nc2s1. The van der Waals surface area contributed by atoms with Gasteiger partial charge in [0.25, 0.3) is 0 Å². The van der Waals surface area contributed by atoms with Gasteiger partial charge in [0.1, 0.15) is 16.0 Å². The third-order valence-corrected chi connectivity index (χ3v) is 3.77. The number of aromatic nitrogens is 4. The van der Waals surface area contributed by atoms with E-state index >= 15 is 0 Å². The molecule has 108 valence electrons. The maximum Gasteiger partial charge on any atom is 0.417 e. The van der Waals surface area contributed by atoms with Gasteiger partial charge in [0.05, 0.1) is 10.6 Å². The van der Waals surface area contributed by atoms with Crippen LogP contribution in [0.2, 0.25) is 5.15 Å². The second-order valence-corrected chi connectivity index (χ2v) is 5.69. The molecule has 0 radical (unpaired) electrons. The van der Waals surface area contributed by atoms with E-state index in [0.29, 0.717) is 10.3 Å². The van der Waals surface area contributed by atoms with Gasteiger partial charge >= 0.3 is 6.18 Å². The van der Waals surface area contributed by atoms with Gasteiger partial charge in [-0.15, -0.1) is 0 Å². The summed E-state index contributed by atoms with van der Waals surface area (Å²) in [5, 5.41) is 0.930. The Morgan fingerprint density at radius 3 is 2.52 bits per heavy atom. The Morgan fingerprint density at radius 1 is 1.14 bits per heavy atom. The highest BCUT2D eigenvalue weighted by atomic mass is 35.5. The van der Waals surface area contributed by atoms with E-state index < -0.39 is 11.7 Å². The minimum Gasteiger partial charge on any atom is -0.252 e. The molecule has 0 aliphatic heterocycles. The summed E-state index contributed by atoms with van der Waals surface area (Å²) in [6.07, 6.45) is -3.68. The molecule has 21 heavy (non-hydrogen) atoms. The van der Waals surface area contributed by atoms with Gasteiger partial charge in [0.2, 0.25) is 0 Å². The second kappa shape index (κ2) is 4.88. The number of thiazole rings is 1. The predicted molar refractivity (Wildman–Crippen MR) is 73.2 cm³/mol. The van der Waals surface area contributed by atoms with Gasteiger partial charge in [-0.05, 0) is 19.1 Å². The van der Waals surface area contributed by atoms with Crippen molar-refractivity contribution in [2.75, 3.05) is 0 Å². The van der Waals surface area contributed by atoms with Crippen molar-refractivity contribution in [3.63, 3.8) is 0 Å². The fourth-order valence-electron chi connectivity index (χ4n) is 1.70. The molecule has 0 saturated heterocycles. The first-order valence-electron chi connectivity index (χ1n) is 5.69. The van der Waals surface area contributed by atoms with Crippen molar-refractivity contribution < 1.29 is 13.2 Å².